The Kier molecular flexibility index (Phi) is 8.02. The molecule has 3 aromatic rings. The zero-order valence-corrected chi connectivity index (χ0v) is 21.5. The van der Waals surface area contributed by atoms with Gasteiger partial charge in [0.2, 0.25) is 5.82 Å². The van der Waals surface area contributed by atoms with Crippen LogP contribution in [0.5, 0.6) is 11.5 Å². The van der Waals surface area contributed by atoms with Crippen LogP contribution in [-0.4, -0.2) is 40.4 Å². The Labute approximate surface area is 212 Å². The van der Waals surface area contributed by atoms with Gasteiger partial charge in [-0.15, -0.1) is 0 Å². The van der Waals surface area contributed by atoms with Crippen molar-refractivity contribution in [3.05, 3.63) is 65.7 Å². The van der Waals surface area contributed by atoms with Gasteiger partial charge >= 0.3 is 0 Å². The van der Waals surface area contributed by atoms with E-state index < -0.39 is 0 Å². The molecule has 4 rings (SSSR count). The van der Waals surface area contributed by atoms with Gasteiger partial charge in [0.25, 0.3) is 5.89 Å². The van der Waals surface area contributed by atoms with Crippen LogP contribution in [0.1, 0.15) is 57.5 Å². The average molecular weight is 493 g/mol. The molecule has 2 aromatic carbocycles. The predicted octanol–water partition coefficient (Wildman–Crippen LogP) is 6.00. The Bertz CT molecular complexity index is 1190. The summed E-state index contributed by atoms with van der Waals surface area (Å²) in [6.45, 7) is 7.68. The molecular formula is C27H32N4O3S. The number of unbranched alkanes of at least 4 members (excludes halogenated alkanes) is 2. The van der Waals surface area contributed by atoms with Crippen molar-refractivity contribution in [1.29, 1.82) is 0 Å². The third-order valence-electron chi connectivity index (χ3n) is 6.09. The molecule has 0 spiro atoms. The van der Waals surface area contributed by atoms with Crippen LogP contribution < -0.4 is 14.8 Å². The number of nitrogens with one attached hydrogen (secondary N) is 1. The monoisotopic (exact) mass is 492 g/mol. The highest BCUT2D eigenvalue weighted by atomic mass is 32.1. The summed E-state index contributed by atoms with van der Waals surface area (Å²) in [7, 11) is 1.66. The van der Waals surface area contributed by atoms with Crippen molar-refractivity contribution in [3.63, 3.8) is 0 Å². The van der Waals surface area contributed by atoms with Crippen LogP contribution in [-0.2, 0) is 0 Å². The van der Waals surface area contributed by atoms with E-state index in [1.807, 2.05) is 55.5 Å². The molecule has 1 aliphatic heterocycles. The zero-order valence-electron chi connectivity index (χ0n) is 20.7. The minimum absolute atomic E-state index is 0.242. The molecule has 1 aliphatic rings. The molecule has 0 aliphatic carbocycles. The van der Waals surface area contributed by atoms with E-state index in [1.54, 1.807) is 7.11 Å². The van der Waals surface area contributed by atoms with E-state index in [2.05, 4.69) is 29.2 Å². The van der Waals surface area contributed by atoms with Gasteiger partial charge in [0.1, 0.15) is 11.5 Å². The van der Waals surface area contributed by atoms with Gasteiger partial charge in [0.05, 0.1) is 25.3 Å². The maximum atomic E-state index is 5.83. The van der Waals surface area contributed by atoms with Crippen LogP contribution in [0.3, 0.4) is 0 Å². The first kappa shape index (κ1) is 24.7. The van der Waals surface area contributed by atoms with Gasteiger partial charge in [-0.25, -0.2) is 0 Å². The number of rotatable bonds is 10. The first-order chi connectivity index (χ1) is 17.0. The van der Waals surface area contributed by atoms with Crippen LogP contribution in [0.15, 0.2) is 58.8 Å². The summed E-state index contributed by atoms with van der Waals surface area (Å²) >= 11 is 5.78. The van der Waals surface area contributed by atoms with Crippen LogP contribution >= 0.6 is 12.2 Å². The molecule has 0 fully saturated rings. The molecule has 184 valence electrons. The van der Waals surface area contributed by atoms with Crippen molar-refractivity contribution in [3.8, 4) is 22.9 Å². The number of aromatic nitrogens is 2. The molecule has 0 saturated heterocycles. The van der Waals surface area contributed by atoms with E-state index in [0.717, 1.165) is 59.7 Å². The number of allylic oxidation sites excluding steroid dienone is 1. The number of ether oxygens (including phenoxy) is 2. The third kappa shape index (κ3) is 5.48. The Morgan fingerprint density at radius 2 is 1.89 bits per heavy atom. The highest BCUT2D eigenvalue weighted by molar-refractivity contribution is 7.80. The molecule has 0 amide bonds. The van der Waals surface area contributed by atoms with Crippen molar-refractivity contribution in [2.24, 2.45) is 0 Å². The SMILES string of the molecule is CCCCCN1C(=S)NC(c2cccc(OC)c2)C(c2nc(-c3ccc(OCC)cc3)no2)=C1C. The smallest absolute Gasteiger partial charge is 0.258 e. The topological polar surface area (TPSA) is 72.7 Å². The summed E-state index contributed by atoms with van der Waals surface area (Å²) < 4.78 is 16.8. The summed E-state index contributed by atoms with van der Waals surface area (Å²) in [5, 5.41) is 8.49. The second kappa shape index (κ2) is 11.4. The lowest BCUT2D eigenvalue weighted by atomic mass is 9.94. The minimum Gasteiger partial charge on any atom is -0.497 e. The van der Waals surface area contributed by atoms with Crippen molar-refractivity contribution in [1.82, 2.24) is 20.4 Å². The van der Waals surface area contributed by atoms with Gasteiger partial charge in [0, 0.05) is 17.8 Å². The Morgan fingerprint density at radius 3 is 2.60 bits per heavy atom. The summed E-state index contributed by atoms with van der Waals surface area (Å²) in [5.41, 5.74) is 3.79. The number of nitrogens with zero attached hydrogens (tertiary/aromatic N) is 3. The van der Waals surface area contributed by atoms with Crippen molar-refractivity contribution < 1.29 is 14.0 Å². The van der Waals surface area contributed by atoms with Crippen LogP contribution in [0, 0.1) is 0 Å². The van der Waals surface area contributed by atoms with E-state index in [1.165, 1.54) is 0 Å². The molecule has 1 aromatic heterocycles. The minimum atomic E-state index is -0.242. The average Bonchev–Trinajstić information content (AvgIpc) is 3.36. The van der Waals surface area contributed by atoms with Crippen LogP contribution in [0.25, 0.3) is 17.0 Å². The zero-order chi connectivity index (χ0) is 24.8. The summed E-state index contributed by atoms with van der Waals surface area (Å²) in [5.74, 6) is 2.58. The molecule has 1 unspecified atom stereocenters. The van der Waals surface area contributed by atoms with Gasteiger partial charge in [-0.1, -0.05) is 37.1 Å². The van der Waals surface area contributed by atoms with E-state index in [0.29, 0.717) is 23.4 Å². The highest BCUT2D eigenvalue weighted by Gasteiger charge is 2.34. The fraction of sp³-hybridized carbons (Fsp3) is 0.370. The lowest BCUT2D eigenvalue weighted by molar-refractivity contribution is 0.340. The summed E-state index contributed by atoms with van der Waals surface area (Å²) in [4.78, 5) is 6.92. The van der Waals surface area contributed by atoms with E-state index in [9.17, 15) is 0 Å². The van der Waals surface area contributed by atoms with E-state index in [4.69, 9.17) is 31.2 Å². The van der Waals surface area contributed by atoms with Crippen molar-refractivity contribution in [2.75, 3.05) is 20.3 Å². The molecule has 1 atom stereocenters. The van der Waals surface area contributed by atoms with Gasteiger partial charge in [0.15, 0.2) is 5.11 Å². The largest absolute Gasteiger partial charge is 0.497 e. The number of hydrogen-bond acceptors (Lipinski definition) is 6. The Morgan fingerprint density at radius 1 is 1.09 bits per heavy atom. The molecule has 0 radical (unpaired) electrons. The van der Waals surface area contributed by atoms with Gasteiger partial charge in [-0.05, 0) is 74.4 Å². The first-order valence-corrected chi connectivity index (χ1v) is 12.5. The lowest BCUT2D eigenvalue weighted by Gasteiger charge is -2.37. The van der Waals surface area contributed by atoms with Gasteiger partial charge < -0.3 is 24.2 Å². The van der Waals surface area contributed by atoms with Crippen LogP contribution in [0.4, 0.5) is 0 Å². The molecular weight excluding hydrogens is 460 g/mol. The molecule has 7 nitrogen and oxygen atoms in total. The fourth-order valence-corrected chi connectivity index (χ4v) is 4.58. The Hall–Kier alpha value is -3.39. The molecule has 0 bridgehead atoms. The van der Waals surface area contributed by atoms with Crippen LogP contribution in [0.2, 0.25) is 0 Å². The fourth-order valence-electron chi connectivity index (χ4n) is 4.24. The molecule has 35 heavy (non-hydrogen) atoms. The number of thiocarbonyl (C=S) groups is 1. The number of hydrogen-bond donors (Lipinski definition) is 1. The second-order valence-electron chi connectivity index (χ2n) is 8.40. The molecule has 1 N–H and O–H groups in total. The third-order valence-corrected chi connectivity index (χ3v) is 6.43. The van der Waals surface area contributed by atoms with Gasteiger partial charge in [-0.2, -0.15) is 4.98 Å². The van der Waals surface area contributed by atoms with E-state index >= 15 is 0 Å². The lowest BCUT2D eigenvalue weighted by Crippen LogP contribution is -2.46. The highest BCUT2D eigenvalue weighted by Crippen LogP contribution is 2.38. The second-order valence-corrected chi connectivity index (χ2v) is 8.78. The predicted molar refractivity (Wildman–Crippen MR) is 141 cm³/mol. The maximum absolute atomic E-state index is 5.83. The standard InChI is InChI=1S/C27H32N4O3S/c1-5-7-8-16-31-18(3)23(24(28-27(31)35)20-10-9-11-22(17-20)32-4)26-29-25(30-34-26)19-12-14-21(15-13-19)33-6-2/h9-15,17,24H,5-8,16H2,1-4H3,(H,28,35). The molecule has 2 heterocycles. The number of methoxy groups -OCH3 is 1. The van der Waals surface area contributed by atoms with Crippen molar-refractivity contribution >= 4 is 22.9 Å². The van der Waals surface area contributed by atoms with Crippen molar-refractivity contribution in [2.45, 2.75) is 46.1 Å². The van der Waals surface area contributed by atoms with Gasteiger partial charge in [-0.3, -0.25) is 0 Å². The molecule has 8 heteroatoms. The Balaban J connectivity index is 1.73. The quantitative estimate of drug-likeness (QED) is 0.273. The molecule has 0 saturated carbocycles. The summed E-state index contributed by atoms with van der Waals surface area (Å²) in [6.07, 6.45) is 3.34. The first-order valence-electron chi connectivity index (χ1n) is 12.1. The summed E-state index contributed by atoms with van der Waals surface area (Å²) in [6, 6.07) is 15.4. The van der Waals surface area contributed by atoms with E-state index in [-0.39, 0.29) is 6.04 Å². The normalized spacial score (nSPS) is 15.8. The number of benzene rings is 2. The maximum Gasteiger partial charge on any atom is 0.258 e.